The molecule has 3 atom stereocenters. The summed E-state index contributed by atoms with van der Waals surface area (Å²) in [6.45, 7) is 4.72. The molecule has 1 N–H and O–H groups in total. The van der Waals surface area contributed by atoms with E-state index in [4.69, 9.17) is 4.74 Å². The van der Waals surface area contributed by atoms with E-state index in [0.717, 1.165) is 16.0 Å². The highest BCUT2D eigenvalue weighted by Gasteiger charge is 2.41. The van der Waals surface area contributed by atoms with E-state index in [-0.39, 0.29) is 24.2 Å². The monoisotopic (exact) mass is 472 g/mol. The molecule has 0 radical (unpaired) electrons. The largest absolute Gasteiger partial charge is 0.447 e. The summed E-state index contributed by atoms with van der Waals surface area (Å²) in [6, 6.07) is 5.01. The molecule has 34 heavy (non-hydrogen) atoms. The van der Waals surface area contributed by atoms with Crippen molar-refractivity contribution in [2.45, 2.75) is 39.3 Å². The van der Waals surface area contributed by atoms with Crippen LogP contribution in [-0.4, -0.2) is 45.1 Å². The van der Waals surface area contributed by atoms with Crippen molar-refractivity contribution in [3.05, 3.63) is 60.1 Å². The van der Waals surface area contributed by atoms with Gasteiger partial charge in [0.1, 0.15) is 24.1 Å². The number of ether oxygens (including phenoxy) is 1. The van der Waals surface area contributed by atoms with Crippen LogP contribution in [0.25, 0.3) is 11.1 Å². The van der Waals surface area contributed by atoms with Crippen LogP contribution in [0.15, 0.2) is 42.9 Å². The van der Waals surface area contributed by atoms with Crippen molar-refractivity contribution in [2.75, 3.05) is 16.8 Å². The highest BCUT2D eigenvalue weighted by Crippen LogP contribution is 2.29. The third-order valence-corrected chi connectivity index (χ3v) is 5.69. The molecule has 2 aromatic heterocycles. The third-order valence-electron chi connectivity index (χ3n) is 5.69. The lowest BCUT2D eigenvalue weighted by Crippen LogP contribution is -2.41. The van der Waals surface area contributed by atoms with Crippen LogP contribution in [0.1, 0.15) is 31.3 Å². The highest BCUT2D eigenvalue weighted by molar-refractivity contribution is 5.89. The van der Waals surface area contributed by atoms with Gasteiger partial charge in [-0.15, -0.1) is 0 Å². The Kier molecular flexibility index (Phi) is 6.62. The maximum Gasteiger partial charge on any atom is 0.415 e. The molecule has 4 rings (SSSR count). The molecule has 1 fully saturated rings. The molecule has 1 aliphatic heterocycles. The molecule has 8 nitrogen and oxygen atoms in total. The van der Waals surface area contributed by atoms with E-state index in [0.29, 0.717) is 11.4 Å². The van der Waals surface area contributed by atoms with Crippen LogP contribution < -0.4 is 10.2 Å². The van der Waals surface area contributed by atoms with Gasteiger partial charge in [0.25, 0.3) is 0 Å². The number of nitrogens with one attached hydrogen (secondary N) is 1. The molecular weight excluding hydrogens is 449 g/mol. The summed E-state index contributed by atoms with van der Waals surface area (Å²) in [5, 5.41) is 3.06. The van der Waals surface area contributed by atoms with E-state index < -0.39 is 30.5 Å². The Balaban J connectivity index is 1.49. The minimum absolute atomic E-state index is 0.138. The number of aryl methyl sites for hydroxylation is 1. The molecule has 178 valence electrons. The highest BCUT2D eigenvalue weighted by atomic mass is 19.3. The molecule has 11 heteroatoms. The third kappa shape index (κ3) is 4.78. The van der Waals surface area contributed by atoms with Crippen molar-refractivity contribution in [1.82, 2.24) is 19.9 Å². The molecule has 0 saturated carbocycles. The van der Waals surface area contributed by atoms with Gasteiger partial charge in [-0.25, -0.2) is 32.9 Å². The fraction of sp³-hybridized carbons (Fsp3) is 0.348. The molecule has 1 amide bonds. The molecule has 0 unspecified atom stereocenters. The number of nitrogens with zero attached hydrogens (tertiary/aromatic N) is 5. The summed E-state index contributed by atoms with van der Waals surface area (Å²) in [5.41, 5.74) is 2.07. The average Bonchev–Trinajstić information content (AvgIpc) is 3.21. The number of carbonyl (C=O) groups excluding carboxylic acids is 1. The second kappa shape index (κ2) is 9.62. The number of halogens is 3. The Hall–Kier alpha value is -3.76. The smallest absolute Gasteiger partial charge is 0.415 e. The van der Waals surface area contributed by atoms with Crippen molar-refractivity contribution in [2.24, 2.45) is 5.92 Å². The molecule has 3 aromatic rings. The van der Waals surface area contributed by atoms with E-state index in [1.165, 1.54) is 25.3 Å². The molecule has 0 bridgehead atoms. The minimum atomic E-state index is -2.61. The molecule has 0 spiro atoms. The van der Waals surface area contributed by atoms with Gasteiger partial charge >= 0.3 is 6.09 Å². The number of cyclic esters (lactones) is 1. The van der Waals surface area contributed by atoms with E-state index in [2.05, 4.69) is 25.3 Å². The number of aromatic nitrogens is 4. The SMILES string of the molecule is Cc1cc(-c2cnc([C@H](C)Nc3nccc(N4C(=O)OC[C@@H]4[C@@H](C)C(F)F)n3)nc2)ccc1F. The maximum absolute atomic E-state index is 13.5. The fourth-order valence-electron chi connectivity index (χ4n) is 3.60. The number of amides is 1. The number of rotatable bonds is 7. The molecule has 1 aliphatic rings. The Bertz CT molecular complexity index is 1180. The number of alkyl halides is 2. The predicted octanol–water partition coefficient (Wildman–Crippen LogP) is 4.78. The zero-order valence-electron chi connectivity index (χ0n) is 18.7. The molecule has 1 aromatic carbocycles. The lowest BCUT2D eigenvalue weighted by atomic mass is 10.0. The summed E-state index contributed by atoms with van der Waals surface area (Å²) < 4.78 is 45.0. The lowest BCUT2D eigenvalue weighted by Gasteiger charge is -2.25. The van der Waals surface area contributed by atoms with E-state index in [1.807, 2.05) is 0 Å². The zero-order valence-corrected chi connectivity index (χ0v) is 18.7. The van der Waals surface area contributed by atoms with Crippen LogP contribution in [-0.2, 0) is 4.74 Å². The van der Waals surface area contributed by atoms with Gasteiger partial charge < -0.3 is 10.1 Å². The average molecular weight is 472 g/mol. The second-order valence-electron chi connectivity index (χ2n) is 8.11. The normalized spacial score (nSPS) is 17.6. The molecule has 3 heterocycles. The van der Waals surface area contributed by atoms with Gasteiger partial charge in [0.05, 0.1) is 12.1 Å². The first-order valence-electron chi connectivity index (χ1n) is 10.7. The zero-order chi connectivity index (χ0) is 24.4. The van der Waals surface area contributed by atoms with Gasteiger partial charge in [-0.05, 0) is 43.2 Å². The van der Waals surface area contributed by atoms with E-state index in [9.17, 15) is 18.0 Å². The predicted molar refractivity (Wildman–Crippen MR) is 119 cm³/mol. The first-order valence-corrected chi connectivity index (χ1v) is 10.7. The first kappa shape index (κ1) is 23.4. The van der Waals surface area contributed by atoms with Gasteiger partial charge in [-0.1, -0.05) is 13.0 Å². The fourth-order valence-corrected chi connectivity index (χ4v) is 3.60. The minimum Gasteiger partial charge on any atom is -0.447 e. The van der Waals surface area contributed by atoms with Crippen LogP contribution >= 0.6 is 0 Å². The molecule has 0 aliphatic carbocycles. The van der Waals surface area contributed by atoms with E-state index >= 15 is 0 Å². The topological polar surface area (TPSA) is 93.1 Å². The Labute approximate surface area is 194 Å². The van der Waals surface area contributed by atoms with Gasteiger partial charge in [0.15, 0.2) is 0 Å². The van der Waals surface area contributed by atoms with Crippen LogP contribution in [0.3, 0.4) is 0 Å². The Morgan fingerprint density at radius 2 is 1.85 bits per heavy atom. The summed E-state index contributed by atoms with van der Waals surface area (Å²) in [7, 11) is 0. The van der Waals surface area contributed by atoms with Gasteiger partial charge in [0.2, 0.25) is 12.4 Å². The van der Waals surface area contributed by atoms with Crippen LogP contribution in [0.2, 0.25) is 0 Å². The number of carbonyl (C=O) groups is 1. The van der Waals surface area contributed by atoms with Gasteiger partial charge in [-0.2, -0.15) is 4.98 Å². The van der Waals surface area contributed by atoms with Gasteiger partial charge in [-0.3, -0.25) is 4.90 Å². The number of hydrogen-bond donors (Lipinski definition) is 1. The summed E-state index contributed by atoms with van der Waals surface area (Å²) in [4.78, 5) is 30.5. The van der Waals surface area contributed by atoms with Crippen molar-refractivity contribution >= 4 is 17.9 Å². The van der Waals surface area contributed by atoms with Crippen molar-refractivity contribution in [1.29, 1.82) is 0 Å². The van der Waals surface area contributed by atoms with E-state index in [1.54, 1.807) is 38.4 Å². The lowest BCUT2D eigenvalue weighted by molar-refractivity contribution is 0.0685. The van der Waals surface area contributed by atoms with Crippen molar-refractivity contribution < 1.29 is 22.7 Å². The number of benzene rings is 1. The first-order chi connectivity index (χ1) is 16.2. The summed E-state index contributed by atoms with van der Waals surface area (Å²) in [6.07, 6.45) is 1.36. The van der Waals surface area contributed by atoms with Crippen molar-refractivity contribution in [3.63, 3.8) is 0 Å². The Morgan fingerprint density at radius 3 is 2.53 bits per heavy atom. The summed E-state index contributed by atoms with van der Waals surface area (Å²) >= 11 is 0. The molecule has 1 saturated heterocycles. The number of hydrogen-bond acceptors (Lipinski definition) is 7. The second-order valence-corrected chi connectivity index (χ2v) is 8.11. The maximum atomic E-state index is 13.5. The van der Waals surface area contributed by atoms with Crippen LogP contribution in [0.5, 0.6) is 0 Å². The standard InChI is InChI=1S/C23H23F3N6O2/c1-12-8-15(4-5-17(12)24)16-9-28-21(29-10-16)14(3)30-22-27-7-6-19(31-22)32-18(11-34-23(32)33)13(2)20(25)26/h4-10,13-14,18,20H,11H2,1-3H3,(H,27,30,31)/t13-,14+,18-/m1/s1. The van der Waals surface area contributed by atoms with Crippen LogP contribution in [0.4, 0.5) is 29.7 Å². The Morgan fingerprint density at radius 1 is 1.12 bits per heavy atom. The van der Waals surface area contributed by atoms with Crippen molar-refractivity contribution in [3.8, 4) is 11.1 Å². The number of anilines is 2. The summed E-state index contributed by atoms with van der Waals surface area (Å²) in [5.74, 6) is -0.573. The molecular formula is C23H23F3N6O2. The quantitative estimate of drug-likeness (QED) is 0.529. The van der Waals surface area contributed by atoms with Gasteiger partial charge in [0, 0.05) is 30.1 Å². The van der Waals surface area contributed by atoms with Crippen LogP contribution in [0, 0.1) is 18.7 Å².